The van der Waals surface area contributed by atoms with Gasteiger partial charge in [0.25, 0.3) is 0 Å². The van der Waals surface area contributed by atoms with E-state index in [1.807, 2.05) is 6.26 Å². The number of phenols is 1. The molecule has 30 heavy (non-hydrogen) atoms. The SMILES string of the molecule is CSCCC(NC(=O)C(CCCCN)NC(=O)C(N)Cc1ccc(O)cc1)C(=O)O. The fraction of sp³-hybridized carbons (Fsp3) is 0.550. The lowest BCUT2D eigenvalue weighted by Crippen LogP contribution is -2.54. The number of amides is 2. The molecule has 168 valence electrons. The number of phenolic OH excluding ortho intramolecular Hbond substituents is 1. The van der Waals surface area contributed by atoms with Crippen LogP contribution in [0.15, 0.2) is 24.3 Å². The molecule has 0 fully saturated rings. The van der Waals surface area contributed by atoms with E-state index in [-0.39, 0.29) is 18.6 Å². The van der Waals surface area contributed by atoms with Crippen LogP contribution in [0.2, 0.25) is 0 Å². The fourth-order valence-electron chi connectivity index (χ4n) is 2.78. The standard InChI is InChI=1S/C20H32N4O5S/c1-30-11-9-17(20(28)29)24-19(27)16(4-2-3-10-21)23-18(26)15(22)12-13-5-7-14(25)8-6-13/h5-8,15-17,25H,2-4,9-12,21-22H2,1H3,(H,23,26)(H,24,27)(H,28,29). The zero-order valence-electron chi connectivity index (χ0n) is 17.2. The third kappa shape index (κ3) is 9.47. The van der Waals surface area contributed by atoms with Gasteiger partial charge in [-0.15, -0.1) is 0 Å². The van der Waals surface area contributed by atoms with Crippen molar-refractivity contribution in [1.82, 2.24) is 10.6 Å². The average molecular weight is 441 g/mol. The van der Waals surface area contributed by atoms with E-state index >= 15 is 0 Å². The molecule has 0 aliphatic heterocycles. The third-order valence-corrected chi connectivity index (χ3v) is 5.18. The van der Waals surface area contributed by atoms with Crippen molar-refractivity contribution in [2.24, 2.45) is 11.5 Å². The number of aromatic hydroxyl groups is 1. The summed E-state index contributed by atoms with van der Waals surface area (Å²) in [4.78, 5) is 36.6. The summed E-state index contributed by atoms with van der Waals surface area (Å²) in [6, 6.07) is 3.52. The van der Waals surface area contributed by atoms with Gasteiger partial charge in [0.05, 0.1) is 6.04 Å². The van der Waals surface area contributed by atoms with E-state index < -0.39 is 35.9 Å². The van der Waals surface area contributed by atoms with Crippen molar-refractivity contribution in [2.45, 2.75) is 50.2 Å². The number of hydrogen-bond acceptors (Lipinski definition) is 7. The Labute approximate surface area is 181 Å². The van der Waals surface area contributed by atoms with Gasteiger partial charge in [0.2, 0.25) is 11.8 Å². The summed E-state index contributed by atoms with van der Waals surface area (Å²) < 4.78 is 0. The largest absolute Gasteiger partial charge is 0.508 e. The van der Waals surface area contributed by atoms with Crippen LogP contribution in [-0.2, 0) is 20.8 Å². The summed E-state index contributed by atoms with van der Waals surface area (Å²) >= 11 is 1.49. The number of carbonyl (C=O) groups is 3. The number of carboxylic acid groups (broad SMARTS) is 1. The number of unbranched alkanes of at least 4 members (excludes halogenated alkanes) is 1. The Kier molecular flexibility index (Phi) is 11.9. The highest BCUT2D eigenvalue weighted by molar-refractivity contribution is 7.98. The Morgan fingerprint density at radius 1 is 1.03 bits per heavy atom. The summed E-state index contributed by atoms with van der Waals surface area (Å²) in [7, 11) is 0. The molecule has 8 N–H and O–H groups in total. The fourth-order valence-corrected chi connectivity index (χ4v) is 3.26. The van der Waals surface area contributed by atoms with Gasteiger partial charge < -0.3 is 32.3 Å². The maximum absolute atomic E-state index is 12.7. The van der Waals surface area contributed by atoms with Crippen molar-refractivity contribution in [3.8, 4) is 5.75 Å². The Morgan fingerprint density at radius 3 is 2.23 bits per heavy atom. The molecule has 9 nitrogen and oxygen atoms in total. The number of thioether (sulfide) groups is 1. The van der Waals surface area contributed by atoms with E-state index in [1.54, 1.807) is 12.1 Å². The van der Waals surface area contributed by atoms with E-state index in [0.29, 0.717) is 31.6 Å². The summed E-state index contributed by atoms with van der Waals surface area (Å²) in [6.07, 6.45) is 3.97. The molecule has 0 aromatic heterocycles. The minimum atomic E-state index is -1.12. The van der Waals surface area contributed by atoms with Gasteiger partial charge in [-0.2, -0.15) is 11.8 Å². The second kappa shape index (κ2) is 13.8. The molecular formula is C20H32N4O5S. The van der Waals surface area contributed by atoms with Crippen molar-refractivity contribution < 1.29 is 24.6 Å². The Morgan fingerprint density at radius 2 is 1.67 bits per heavy atom. The molecule has 0 aliphatic carbocycles. The molecule has 0 saturated carbocycles. The number of aliphatic carboxylic acids is 1. The van der Waals surface area contributed by atoms with E-state index in [2.05, 4.69) is 10.6 Å². The van der Waals surface area contributed by atoms with E-state index in [9.17, 15) is 24.6 Å². The summed E-state index contributed by atoms with van der Waals surface area (Å²) in [5.74, 6) is -1.48. The second-order valence-corrected chi connectivity index (χ2v) is 7.99. The van der Waals surface area contributed by atoms with Gasteiger partial charge >= 0.3 is 5.97 Å². The minimum absolute atomic E-state index is 0.114. The number of carbonyl (C=O) groups excluding carboxylic acids is 2. The van der Waals surface area contributed by atoms with Crippen molar-refractivity contribution in [2.75, 3.05) is 18.6 Å². The van der Waals surface area contributed by atoms with Crippen molar-refractivity contribution >= 4 is 29.5 Å². The lowest BCUT2D eigenvalue weighted by atomic mass is 10.0. The lowest BCUT2D eigenvalue weighted by molar-refractivity contribution is -0.142. The molecule has 3 unspecified atom stereocenters. The molecule has 0 spiro atoms. The van der Waals surface area contributed by atoms with Gasteiger partial charge in [0, 0.05) is 0 Å². The second-order valence-electron chi connectivity index (χ2n) is 7.00. The molecule has 0 bridgehead atoms. The number of nitrogens with two attached hydrogens (primary N) is 2. The van der Waals surface area contributed by atoms with Crippen LogP contribution in [0.1, 0.15) is 31.2 Å². The summed E-state index contributed by atoms with van der Waals surface area (Å²) in [5, 5.41) is 23.8. The molecule has 10 heteroatoms. The number of nitrogens with one attached hydrogen (secondary N) is 2. The number of hydrogen-bond donors (Lipinski definition) is 6. The van der Waals surface area contributed by atoms with Gasteiger partial charge in [0.15, 0.2) is 0 Å². The van der Waals surface area contributed by atoms with Crippen LogP contribution in [0, 0.1) is 0 Å². The number of benzene rings is 1. The predicted molar refractivity (Wildman–Crippen MR) is 117 cm³/mol. The minimum Gasteiger partial charge on any atom is -0.508 e. The molecule has 1 aromatic carbocycles. The van der Waals surface area contributed by atoms with Crippen LogP contribution < -0.4 is 22.1 Å². The highest BCUT2D eigenvalue weighted by Crippen LogP contribution is 2.11. The van der Waals surface area contributed by atoms with Gasteiger partial charge in [-0.3, -0.25) is 9.59 Å². The monoisotopic (exact) mass is 440 g/mol. The average Bonchev–Trinajstić information content (AvgIpc) is 2.71. The van der Waals surface area contributed by atoms with E-state index in [0.717, 1.165) is 5.56 Å². The van der Waals surface area contributed by atoms with Crippen molar-refractivity contribution in [3.63, 3.8) is 0 Å². The van der Waals surface area contributed by atoms with Gasteiger partial charge in [-0.25, -0.2) is 4.79 Å². The number of rotatable bonds is 14. The van der Waals surface area contributed by atoms with Crippen molar-refractivity contribution in [1.29, 1.82) is 0 Å². The zero-order chi connectivity index (χ0) is 22.5. The van der Waals surface area contributed by atoms with Gasteiger partial charge in [0.1, 0.15) is 17.8 Å². The molecule has 0 saturated heterocycles. The first-order chi connectivity index (χ1) is 14.3. The molecule has 2 amide bonds. The quantitative estimate of drug-likeness (QED) is 0.223. The maximum Gasteiger partial charge on any atom is 0.326 e. The van der Waals surface area contributed by atoms with Gasteiger partial charge in [-0.1, -0.05) is 12.1 Å². The summed E-state index contributed by atoms with van der Waals surface area (Å²) in [5.41, 5.74) is 12.3. The first kappa shape index (κ1) is 25.7. The Bertz CT molecular complexity index is 686. The van der Waals surface area contributed by atoms with E-state index in [4.69, 9.17) is 11.5 Å². The lowest BCUT2D eigenvalue weighted by Gasteiger charge is -2.23. The maximum atomic E-state index is 12.7. The van der Waals surface area contributed by atoms with Crippen LogP contribution in [0.25, 0.3) is 0 Å². The van der Waals surface area contributed by atoms with Crippen LogP contribution >= 0.6 is 11.8 Å². The van der Waals surface area contributed by atoms with E-state index in [1.165, 1.54) is 23.9 Å². The third-order valence-electron chi connectivity index (χ3n) is 4.53. The zero-order valence-corrected chi connectivity index (χ0v) is 18.0. The highest BCUT2D eigenvalue weighted by Gasteiger charge is 2.27. The smallest absolute Gasteiger partial charge is 0.326 e. The highest BCUT2D eigenvalue weighted by atomic mass is 32.2. The predicted octanol–water partition coefficient (Wildman–Crippen LogP) is 0.198. The van der Waals surface area contributed by atoms with Crippen LogP contribution in [0.4, 0.5) is 0 Å². The molecule has 0 radical (unpaired) electrons. The molecule has 0 heterocycles. The number of carboxylic acids is 1. The summed E-state index contributed by atoms with van der Waals surface area (Å²) in [6.45, 7) is 0.453. The first-order valence-electron chi connectivity index (χ1n) is 9.84. The molecule has 0 aliphatic rings. The molecular weight excluding hydrogens is 408 g/mol. The first-order valence-corrected chi connectivity index (χ1v) is 11.2. The van der Waals surface area contributed by atoms with Gasteiger partial charge in [-0.05, 0) is 68.4 Å². The van der Waals surface area contributed by atoms with Crippen LogP contribution in [0.3, 0.4) is 0 Å². The normalized spacial score (nSPS) is 13.8. The topological polar surface area (TPSA) is 168 Å². The van der Waals surface area contributed by atoms with Crippen LogP contribution in [0.5, 0.6) is 5.75 Å². The van der Waals surface area contributed by atoms with Crippen LogP contribution in [-0.4, -0.2) is 64.7 Å². The Balaban J connectivity index is 2.76. The van der Waals surface area contributed by atoms with Crippen molar-refractivity contribution in [3.05, 3.63) is 29.8 Å². The molecule has 3 atom stereocenters. The molecule has 1 aromatic rings. The Hall–Kier alpha value is -2.30. The molecule has 1 rings (SSSR count).